The SMILES string of the molecule is CO[C@H](C)C(=O)N1CCCN(C2CCCCC2)CC1. The van der Waals surface area contributed by atoms with E-state index in [1.165, 1.54) is 32.1 Å². The maximum atomic E-state index is 12.1. The van der Waals surface area contributed by atoms with Gasteiger partial charge in [0.05, 0.1) is 0 Å². The monoisotopic (exact) mass is 268 g/mol. The van der Waals surface area contributed by atoms with Gasteiger partial charge in [-0.3, -0.25) is 9.69 Å². The first-order chi connectivity index (χ1) is 9.22. The first-order valence-corrected chi connectivity index (χ1v) is 7.78. The van der Waals surface area contributed by atoms with Crippen LogP contribution in [-0.2, 0) is 9.53 Å². The number of hydrogen-bond donors (Lipinski definition) is 0. The van der Waals surface area contributed by atoms with E-state index in [1.54, 1.807) is 7.11 Å². The summed E-state index contributed by atoms with van der Waals surface area (Å²) in [5, 5.41) is 0. The normalized spacial score (nSPS) is 25.1. The van der Waals surface area contributed by atoms with Gasteiger partial charge < -0.3 is 9.64 Å². The first-order valence-electron chi connectivity index (χ1n) is 7.78. The van der Waals surface area contributed by atoms with E-state index < -0.39 is 0 Å². The highest BCUT2D eigenvalue weighted by Crippen LogP contribution is 2.23. The summed E-state index contributed by atoms with van der Waals surface area (Å²) in [7, 11) is 1.61. The molecule has 1 aliphatic heterocycles. The molecule has 19 heavy (non-hydrogen) atoms. The van der Waals surface area contributed by atoms with Crippen molar-refractivity contribution in [3.8, 4) is 0 Å². The number of hydrogen-bond acceptors (Lipinski definition) is 3. The van der Waals surface area contributed by atoms with E-state index in [2.05, 4.69) is 4.90 Å². The molecule has 0 spiro atoms. The third-order valence-corrected chi connectivity index (χ3v) is 4.63. The lowest BCUT2D eigenvalue weighted by molar-refractivity contribution is -0.140. The molecule has 1 heterocycles. The minimum atomic E-state index is -0.304. The number of ether oxygens (including phenoxy) is 1. The summed E-state index contributed by atoms with van der Waals surface area (Å²) in [6, 6.07) is 0.767. The van der Waals surface area contributed by atoms with E-state index in [4.69, 9.17) is 4.74 Å². The number of rotatable bonds is 3. The van der Waals surface area contributed by atoms with Crippen LogP contribution in [0, 0.1) is 0 Å². The molecule has 0 radical (unpaired) electrons. The van der Waals surface area contributed by atoms with Crippen LogP contribution >= 0.6 is 0 Å². The second-order valence-corrected chi connectivity index (χ2v) is 5.88. The molecule has 1 aliphatic carbocycles. The van der Waals surface area contributed by atoms with Gasteiger partial charge in [0.15, 0.2) is 0 Å². The Morgan fingerprint density at radius 3 is 2.47 bits per heavy atom. The lowest BCUT2D eigenvalue weighted by atomic mass is 9.94. The summed E-state index contributed by atoms with van der Waals surface area (Å²) in [4.78, 5) is 16.7. The van der Waals surface area contributed by atoms with E-state index in [1.807, 2.05) is 11.8 Å². The van der Waals surface area contributed by atoms with Crippen LogP contribution in [0.1, 0.15) is 45.4 Å². The molecule has 1 amide bonds. The highest BCUT2D eigenvalue weighted by Gasteiger charge is 2.26. The smallest absolute Gasteiger partial charge is 0.251 e. The van der Waals surface area contributed by atoms with E-state index >= 15 is 0 Å². The van der Waals surface area contributed by atoms with Gasteiger partial charge in [0, 0.05) is 39.3 Å². The molecule has 0 aromatic rings. The maximum Gasteiger partial charge on any atom is 0.251 e. The van der Waals surface area contributed by atoms with Crippen molar-refractivity contribution in [2.75, 3.05) is 33.3 Å². The predicted molar refractivity (Wildman–Crippen MR) is 76.1 cm³/mol. The Morgan fingerprint density at radius 1 is 1.05 bits per heavy atom. The van der Waals surface area contributed by atoms with Crippen LogP contribution in [-0.4, -0.2) is 61.1 Å². The number of nitrogens with zero attached hydrogens (tertiary/aromatic N) is 2. The van der Waals surface area contributed by atoms with Crippen molar-refractivity contribution in [3.05, 3.63) is 0 Å². The summed E-state index contributed by atoms with van der Waals surface area (Å²) in [5.74, 6) is 0.146. The second kappa shape index (κ2) is 7.25. The standard InChI is InChI=1S/C15H28N2O2/c1-13(19-2)15(18)17-10-6-9-16(11-12-17)14-7-4-3-5-8-14/h13-14H,3-12H2,1-2H3/t13-/m1/s1. The molecule has 0 aromatic carbocycles. The molecule has 2 aliphatic rings. The molecule has 0 bridgehead atoms. The van der Waals surface area contributed by atoms with Crippen LogP contribution < -0.4 is 0 Å². The zero-order valence-electron chi connectivity index (χ0n) is 12.4. The fourth-order valence-electron chi connectivity index (χ4n) is 3.33. The molecule has 1 atom stereocenters. The Hall–Kier alpha value is -0.610. The van der Waals surface area contributed by atoms with Crippen molar-refractivity contribution in [1.82, 2.24) is 9.80 Å². The minimum Gasteiger partial charge on any atom is -0.372 e. The van der Waals surface area contributed by atoms with Crippen molar-refractivity contribution in [2.24, 2.45) is 0 Å². The third-order valence-electron chi connectivity index (χ3n) is 4.63. The van der Waals surface area contributed by atoms with E-state index in [0.29, 0.717) is 0 Å². The van der Waals surface area contributed by atoms with Gasteiger partial charge in [0.1, 0.15) is 6.10 Å². The number of methoxy groups -OCH3 is 1. The predicted octanol–water partition coefficient (Wildman–Crippen LogP) is 1.89. The van der Waals surface area contributed by atoms with Gasteiger partial charge in [0.2, 0.25) is 0 Å². The molecule has 1 saturated heterocycles. The topological polar surface area (TPSA) is 32.8 Å². The van der Waals surface area contributed by atoms with Crippen LogP contribution in [0.25, 0.3) is 0 Å². The highest BCUT2D eigenvalue weighted by molar-refractivity contribution is 5.80. The second-order valence-electron chi connectivity index (χ2n) is 5.88. The summed E-state index contributed by atoms with van der Waals surface area (Å²) in [5.41, 5.74) is 0. The van der Waals surface area contributed by atoms with Gasteiger partial charge >= 0.3 is 0 Å². The summed E-state index contributed by atoms with van der Waals surface area (Å²) in [6.45, 7) is 5.77. The van der Waals surface area contributed by atoms with Gasteiger partial charge in [-0.15, -0.1) is 0 Å². The van der Waals surface area contributed by atoms with Gasteiger partial charge in [0.25, 0.3) is 5.91 Å². The number of amides is 1. The van der Waals surface area contributed by atoms with Gasteiger partial charge in [-0.25, -0.2) is 0 Å². The minimum absolute atomic E-state index is 0.146. The van der Waals surface area contributed by atoms with Gasteiger partial charge in [-0.1, -0.05) is 19.3 Å². The van der Waals surface area contributed by atoms with Crippen molar-refractivity contribution in [3.63, 3.8) is 0 Å². The molecule has 4 heteroatoms. The average molecular weight is 268 g/mol. The highest BCUT2D eigenvalue weighted by atomic mass is 16.5. The summed E-state index contributed by atoms with van der Waals surface area (Å²) < 4.78 is 5.14. The van der Waals surface area contributed by atoms with Crippen LogP contribution in [0.5, 0.6) is 0 Å². The van der Waals surface area contributed by atoms with Crippen LogP contribution in [0.4, 0.5) is 0 Å². The molecule has 0 unspecified atom stereocenters. The Morgan fingerprint density at radius 2 is 1.79 bits per heavy atom. The van der Waals surface area contributed by atoms with E-state index in [0.717, 1.165) is 38.6 Å². The zero-order valence-corrected chi connectivity index (χ0v) is 12.4. The Balaban J connectivity index is 1.85. The lowest BCUT2D eigenvalue weighted by Crippen LogP contribution is -2.42. The van der Waals surface area contributed by atoms with Crippen LogP contribution in [0.15, 0.2) is 0 Å². The molecular weight excluding hydrogens is 240 g/mol. The Labute approximate surface area is 117 Å². The molecule has 110 valence electrons. The Bertz CT molecular complexity index is 290. The van der Waals surface area contributed by atoms with Gasteiger partial charge in [-0.2, -0.15) is 0 Å². The molecule has 2 fully saturated rings. The van der Waals surface area contributed by atoms with Crippen molar-refractivity contribution in [1.29, 1.82) is 0 Å². The molecule has 4 nitrogen and oxygen atoms in total. The van der Waals surface area contributed by atoms with E-state index in [-0.39, 0.29) is 12.0 Å². The quantitative estimate of drug-likeness (QED) is 0.783. The van der Waals surface area contributed by atoms with Crippen molar-refractivity contribution >= 4 is 5.91 Å². The van der Waals surface area contributed by atoms with Crippen molar-refractivity contribution < 1.29 is 9.53 Å². The average Bonchev–Trinajstić information content (AvgIpc) is 2.72. The molecule has 0 aromatic heterocycles. The van der Waals surface area contributed by atoms with Crippen LogP contribution in [0.2, 0.25) is 0 Å². The summed E-state index contributed by atoms with van der Waals surface area (Å²) >= 11 is 0. The molecule has 2 rings (SSSR count). The molecule has 0 N–H and O–H groups in total. The first kappa shape index (κ1) is 14.8. The Kier molecular flexibility index (Phi) is 5.64. The number of carbonyl (C=O) groups excluding carboxylic acids is 1. The van der Waals surface area contributed by atoms with Gasteiger partial charge in [-0.05, 0) is 26.2 Å². The van der Waals surface area contributed by atoms with E-state index in [9.17, 15) is 4.79 Å². The fourth-order valence-corrected chi connectivity index (χ4v) is 3.33. The molecule has 1 saturated carbocycles. The largest absolute Gasteiger partial charge is 0.372 e. The molecular formula is C15H28N2O2. The summed E-state index contributed by atoms with van der Waals surface area (Å²) in [6.07, 6.45) is 7.65. The number of carbonyl (C=O) groups is 1. The lowest BCUT2D eigenvalue weighted by Gasteiger charge is -2.33. The van der Waals surface area contributed by atoms with Crippen molar-refractivity contribution in [2.45, 2.75) is 57.6 Å². The van der Waals surface area contributed by atoms with Crippen LogP contribution in [0.3, 0.4) is 0 Å². The maximum absolute atomic E-state index is 12.1. The fraction of sp³-hybridized carbons (Fsp3) is 0.933. The zero-order chi connectivity index (χ0) is 13.7. The third kappa shape index (κ3) is 3.93.